The first kappa shape index (κ1) is 18.6. The maximum absolute atomic E-state index is 12.8. The second kappa shape index (κ2) is 8.03. The van der Waals surface area contributed by atoms with Crippen molar-refractivity contribution in [1.29, 1.82) is 0 Å². The van der Waals surface area contributed by atoms with Crippen LogP contribution in [-0.2, 0) is 4.79 Å². The number of aromatic nitrogens is 1. The van der Waals surface area contributed by atoms with Crippen LogP contribution in [0.2, 0.25) is 0 Å². The van der Waals surface area contributed by atoms with Crippen LogP contribution in [0.15, 0.2) is 16.9 Å². The number of carbonyl (C=O) groups is 2. The second-order valence-corrected chi connectivity index (χ2v) is 7.30. The van der Waals surface area contributed by atoms with Gasteiger partial charge in [0.2, 0.25) is 5.91 Å². The van der Waals surface area contributed by atoms with Crippen LogP contribution in [0.4, 0.5) is 0 Å². The first-order valence-corrected chi connectivity index (χ1v) is 9.49. The van der Waals surface area contributed by atoms with Gasteiger partial charge in [-0.3, -0.25) is 19.3 Å². The molecule has 0 radical (unpaired) electrons. The summed E-state index contributed by atoms with van der Waals surface area (Å²) in [5.41, 5.74) is 0.822. The number of nitrogens with one attached hydrogen (secondary N) is 1. The Morgan fingerprint density at radius 3 is 2.31 bits per heavy atom. The van der Waals surface area contributed by atoms with Crippen molar-refractivity contribution in [1.82, 2.24) is 19.7 Å². The standard InChI is InChI=1S/C19H28N4O3/c1-14-12-16(24)13-17(20-14)19(26)23-9-5-8-22(10-11-23)18(25)15(2)21-6-3-4-7-21/h12-13,15H,3-11H2,1-2H3,(H,20,24). The molecule has 1 unspecified atom stereocenters. The van der Waals surface area contributed by atoms with Crippen LogP contribution in [-0.4, -0.2) is 76.8 Å². The third-order valence-corrected chi connectivity index (χ3v) is 5.35. The number of H-pyrrole nitrogens is 1. The molecule has 1 aromatic heterocycles. The van der Waals surface area contributed by atoms with Gasteiger partial charge in [-0.2, -0.15) is 0 Å². The SMILES string of the molecule is Cc1cc(=O)cc(C(=O)N2CCCN(C(=O)C(C)N3CCCC3)CC2)[nH]1. The molecule has 0 saturated carbocycles. The van der Waals surface area contributed by atoms with Crippen molar-refractivity contribution in [3.8, 4) is 0 Å². The van der Waals surface area contributed by atoms with Crippen LogP contribution in [0.25, 0.3) is 0 Å². The van der Waals surface area contributed by atoms with Gasteiger partial charge >= 0.3 is 0 Å². The second-order valence-electron chi connectivity index (χ2n) is 7.30. The van der Waals surface area contributed by atoms with E-state index >= 15 is 0 Å². The topological polar surface area (TPSA) is 76.7 Å². The van der Waals surface area contributed by atoms with Crippen molar-refractivity contribution in [3.05, 3.63) is 33.7 Å². The van der Waals surface area contributed by atoms with Crippen molar-refractivity contribution in [2.24, 2.45) is 0 Å². The first-order chi connectivity index (χ1) is 12.5. The molecule has 26 heavy (non-hydrogen) atoms. The molecule has 3 heterocycles. The number of pyridine rings is 1. The molecule has 2 amide bonds. The summed E-state index contributed by atoms with van der Waals surface area (Å²) in [6.45, 7) is 8.03. The fraction of sp³-hybridized carbons (Fsp3) is 0.632. The molecule has 1 N–H and O–H groups in total. The summed E-state index contributed by atoms with van der Waals surface area (Å²) in [4.78, 5) is 46.0. The summed E-state index contributed by atoms with van der Waals surface area (Å²) in [7, 11) is 0. The molecule has 0 aromatic carbocycles. The molecule has 2 aliphatic heterocycles. The van der Waals surface area contributed by atoms with Gasteiger partial charge in [-0.05, 0) is 46.2 Å². The van der Waals surface area contributed by atoms with Crippen molar-refractivity contribution < 1.29 is 9.59 Å². The average molecular weight is 360 g/mol. The predicted molar refractivity (Wildman–Crippen MR) is 99.2 cm³/mol. The number of hydrogen-bond donors (Lipinski definition) is 1. The minimum Gasteiger partial charge on any atom is -0.354 e. The van der Waals surface area contributed by atoms with E-state index in [0.29, 0.717) is 37.6 Å². The van der Waals surface area contributed by atoms with Gasteiger partial charge in [0.15, 0.2) is 5.43 Å². The largest absolute Gasteiger partial charge is 0.354 e. The molecule has 0 spiro atoms. The fourth-order valence-corrected chi connectivity index (χ4v) is 3.86. The van der Waals surface area contributed by atoms with Gasteiger partial charge in [-0.1, -0.05) is 0 Å². The molecular formula is C19H28N4O3. The lowest BCUT2D eigenvalue weighted by Crippen LogP contribution is -2.47. The van der Waals surface area contributed by atoms with Crippen LogP contribution < -0.4 is 5.43 Å². The van der Waals surface area contributed by atoms with E-state index in [1.807, 2.05) is 11.8 Å². The molecule has 3 rings (SSSR count). The first-order valence-electron chi connectivity index (χ1n) is 9.49. The van der Waals surface area contributed by atoms with Gasteiger partial charge in [0, 0.05) is 44.0 Å². The highest BCUT2D eigenvalue weighted by Crippen LogP contribution is 2.15. The fourth-order valence-electron chi connectivity index (χ4n) is 3.86. The van der Waals surface area contributed by atoms with Gasteiger partial charge in [0.1, 0.15) is 5.69 Å². The molecule has 0 aliphatic carbocycles. The zero-order valence-corrected chi connectivity index (χ0v) is 15.7. The number of rotatable bonds is 3. The number of amides is 2. The van der Waals surface area contributed by atoms with Crippen LogP contribution in [0.5, 0.6) is 0 Å². The highest BCUT2D eigenvalue weighted by Gasteiger charge is 2.30. The minimum atomic E-state index is -0.173. The van der Waals surface area contributed by atoms with E-state index in [0.717, 1.165) is 32.4 Å². The zero-order valence-electron chi connectivity index (χ0n) is 15.7. The summed E-state index contributed by atoms with van der Waals surface area (Å²) in [5.74, 6) is -0.0159. The maximum Gasteiger partial charge on any atom is 0.270 e. The molecule has 2 saturated heterocycles. The molecule has 1 atom stereocenters. The minimum absolute atomic E-state index is 0.0899. The number of likely N-dealkylation sites (tertiary alicyclic amines) is 1. The van der Waals surface area contributed by atoms with E-state index < -0.39 is 0 Å². The average Bonchev–Trinajstić information content (AvgIpc) is 3.03. The number of aryl methyl sites for hydroxylation is 1. The summed E-state index contributed by atoms with van der Waals surface area (Å²) < 4.78 is 0. The van der Waals surface area contributed by atoms with Crippen LogP contribution in [0, 0.1) is 6.92 Å². The monoisotopic (exact) mass is 360 g/mol. The summed E-state index contributed by atoms with van der Waals surface area (Å²) >= 11 is 0. The van der Waals surface area contributed by atoms with E-state index in [9.17, 15) is 14.4 Å². The Balaban J connectivity index is 1.63. The summed E-state index contributed by atoms with van der Waals surface area (Å²) in [6, 6.07) is 2.73. The zero-order chi connectivity index (χ0) is 18.7. The summed E-state index contributed by atoms with van der Waals surface area (Å²) in [5, 5.41) is 0. The van der Waals surface area contributed by atoms with Crippen LogP contribution >= 0.6 is 0 Å². The van der Waals surface area contributed by atoms with E-state index in [1.54, 1.807) is 11.8 Å². The van der Waals surface area contributed by atoms with Crippen molar-refractivity contribution in [2.75, 3.05) is 39.3 Å². The van der Waals surface area contributed by atoms with E-state index in [1.165, 1.54) is 12.1 Å². The van der Waals surface area contributed by atoms with Crippen molar-refractivity contribution in [3.63, 3.8) is 0 Å². The Morgan fingerprint density at radius 2 is 1.62 bits per heavy atom. The maximum atomic E-state index is 12.8. The van der Waals surface area contributed by atoms with E-state index in [2.05, 4.69) is 9.88 Å². The van der Waals surface area contributed by atoms with Crippen LogP contribution in [0.3, 0.4) is 0 Å². The quantitative estimate of drug-likeness (QED) is 0.867. The van der Waals surface area contributed by atoms with Gasteiger partial charge in [-0.25, -0.2) is 0 Å². The Labute approximate surface area is 154 Å². The smallest absolute Gasteiger partial charge is 0.270 e. The Bertz CT molecular complexity index is 724. The number of carbonyl (C=O) groups excluding carboxylic acids is 2. The van der Waals surface area contributed by atoms with Gasteiger partial charge in [0.05, 0.1) is 6.04 Å². The Hall–Kier alpha value is -2.15. The van der Waals surface area contributed by atoms with Crippen molar-refractivity contribution >= 4 is 11.8 Å². The number of nitrogens with zero attached hydrogens (tertiary/aromatic N) is 3. The molecule has 2 aliphatic rings. The van der Waals surface area contributed by atoms with E-state index in [4.69, 9.17) is 0 Å². The van der Waals surface area contributed by atoms with Crippen molar-refractivity contribution in [2.45, 2.75) is 39.2 Å². The molecule has 0 bridgehead atoms. The molecule has 7 heteroatoms. The highest BCUT2D eigenvalue weighted by atomic mass is 16.2. The number of hydrogen-bond acceptors (Lipinski definition) is 4. The molecule has 2 fully saturated rings. The highest BCUT2D eigenvalue weighted by molar-refractivity contribution is 5.92. The molecule has 1 aromatic rings. The third kappa shape index (κ3) is 4.15. The third-order valence-electron chi connectivity index (χ3n) is 5.35. The normalized spacial score (nSPS) is 20.1. The molecule has 142 valence electrons. The van der Waals surface area contributed by atoms with Crippen LogP contribution in [0.1, 0.15) is 42.4 Å². The van der Waals surface area contributed by atoms with Gasteiger partial charge in [-0.15, -0.1) is 0 Å². The number of aromatic amines is 1. The lowest BCUT2D eigenvalue weighted by Gasteiger charge is -2.29. The molecule has 7 nitrogen and oxygen atoms in total. The predicted octanol–water partition coefficient (Wildman–Crippen LogP) is 0.842. The summed E-state index contributed by atoms with van der Waals surface area (Å²) in [6.07, 6.45) is 3.07. The van der Waals surface area contributed by atoms with Gasteiger partial charge in [0.25, 0.3) is 5.91 Å². The van der Waals surface area contributed by atoms with Gasteiger partial charge < -0.3 is 14.8 Å². The van der Waals surface area contributed by atoms with E-state index in [-0.39, 0.29) is 23.3 Å². The molecular weight excluding hydrogens is 332 g/mol. The lowest BCUT2D eigenvalue weighted by molar-refractivity contribution is -0.135. The lowest BCUT2D eigenvalue weighted by atomic mass is 10.2. The Kier molecular flexibility index (Phi) is 5.76. The Morgan fingerprint density at radius 1 is 0.962 bits per heavy atom.